The third kappa shape index (κ3) is 4.90. The summed E-state index contributed by atoms with van der Waals surface area (Å²) in [5, 5.41) is 2.92. The average molecular weight is 475 g/mol. The summed E-state index contributed by atoms with van der Waals surface area (Å²) in [6, 6.07) is 13.5. The lowest BCUT2D eigenvalue weighted by molar-refractivity contribution is -0.122. The molecule has 3 rings (SSSR count). The molecular formula is C21H19BrN2O2S2. The second kappa shape index (κ2) is 9.03. The molecule has 0 aliphatic carbocycles. The molecule has 0 bridgehead atoms. The van der Waals surface area contributed by atoms with Gasteiger partial charge in [0, 0.05) is 23.1 Å². The molecule has 2 aromatic rings. The second-order valence-corrected chi connectivity index (χ2v) is 9.03. The Hall–Kier alpha value is -1.96. The lowest BCUT2D eigenvalue weighted by atomic mass is 10.1. The first-order chi connectivity index (χ1) is 13.3. The molecule has 1 N–H and O–H groups in total. The number of carbonyl (C=O) groups is 2. The minimum Gasteiger partial charge on any atom is -0.326 e. The number of amides is 2. The van der Waals surface area contributed by atoms with Crippen LogP contribution >= 0.6 is 39.9 Å². The Morgan fingerprint density at radius 2 is 2.00 bits per heavy atom. The molecule has 1 aliphatic heterocycles. The van der Waals surface area contributed by atoms with Crippen LogP contribution in [0.5, 0.6) is 0 Å². The molecule has 4 nitrogen and oxygen atoms in total. The largest absolute Gasteiger partial charge is 0.326 e. The lowest BCUT2D eigenvalue weighted by Crippen LogP contribution is -2.31. The van der Waals surface area contributed by atoms with Crippen LogP contribution in [0.15, 0.2) is 51.8 Å². The maximum absolute atomic E-state index is 12.7. The number of nitrogens with zero attached hydrogens (tertiary/aromatic N) is 1. The Morgan fingerprint density at radius 3 is 2.75 bits per heavy atom. The van der Waals surface area contributed by atoms with Crippen LogP contribution < -0.4 is 5.32 Å². The fourth-order valence-electron chi connectivity index (χ4n) is 2.75. The third-order valence-electron chi connectivity index (χ3n) is 4.46. The van der Waals surface area contributed by atoms with E-state index in [0.717, 1.165) is 26.9 Å². The van der Waals surface area contributed by atoms with Gasteiger partial charge in [0.25, 0.3) is 5.91 Å². The van der Waals surface area contributed by atoms with Crippen molar-refractivity contribution in [2.75, 3.05) is 11.9 Å². The van der Waals surface area contributed by atoms with Gasteiger partial charge in [-0.3, -0.25) is 14.5 Å². The zero-order chi connectivity index (χ0) is 20.3. The lowest BCUT2D eigenvalue weighted by Gasteiger charge is -2.15. The summed E-state index contributed by atoms with van der Waals surface area (Å²) in [5.41, 5.74) is 3.87. The Morgan fingerprint density at radius 1 is 1.25 bits per heavy atom. The highest BCUT2D eigenvalue weighted by Crippen LogP contribution is 2.33. The van der Waals surface area contributed by atoms with Crippen LogP contribution in [0.25, 0.3) is 6.08 Å². The van der Waals surface area contributed by atoms with Gasteiger partial charge in [0.1, 0.15) is 4.32 Å². The van der Waals surface area contributed by atoms with E-state index in [1.165, 1.54) is 16.7 Å². The van der Waals surface area contributed by atoms with Crippen molar-refractivity contribution in [2.24, 2.45) is 0 Å². The molecule has 1 saturated heterocycles. The van der Waals surface area contributed by atoms with Gasteiger partial charge in [0.05, 0.1) is 4.91 Å². The van der Waals surface area contributed by atoms with E-state index in [2.05, 4.69) is 21.2 Å². The summed E-state index contributed by atoms with van der Waals surface area (Å²) < 4.78 is 1.42. The Kier molecular flexibility index (Phi) is 6.69. The van der Waals surface area contributed by atoms with Crippen LogP contribution in [0.2, 0.25) is 0 Å². The summed E-state index contributed by atoms with van der Waals surface area (Å²) in [4.78, 5) is 27.1. The van der Waals surface area contributed by atoms with Crippen LogP contribution in [-0.4, -0.2) is 27.6 Å². The van der Waals surface area contributed by atoms with Gasteiger partial charge >= 0.3 is 0 Å². The summed E-state index contributed by atoms with van der Waals surface area (Å²) in [6.45, 7) is 4.24. The number of hydrogen-bond donors (Lipinski definition) is 1. The number of hydrogen-bond acceptors (Lipinski definition) is 4. The van der Waals surface area contributed by atoms with E-state index < -0.39 is 0 Å². The van der Waals surface area contributed by atoms with Gasteiger partial charge in [-0.25, -0.2) is 0 Å². The van der Waals surface area contributed by atoms with Crippen molar-refractivity contribution in [3.63, 3.8) is 0 Å². The van der Waals surface area contributed by atoms with Crippen LogP contribution in [0.4, 0.5) is 5.69 Å². The molecule has 7 heteroatoms. The second-order valence-electron chi connectivity index (χ2n) is 6.43. The van der Waals surface area contributed by atoms with Gasteiger partial charge in [0.2, 0.25) is 5.91 Å². The minimum atomic E-state index is -0.158. The number of anilines is 1. The van der Waals surface area contributed by atoms with E-state index in [0.29, 0.717) is 9.23 Å². The first-order valence-electron chi connectivity index (χ1n) is 8.72. The van der Waals surface area contributed by atoms with Crippen molar-refractivity contribution in [1.29, 1.82) is 0 Å². The molecular weight excluding hydrogens is 456 g/mol. The summed E-state index contributed by atoms with van der Waals surface area (Å²) in [7, 11) is 0. The topological polar surface area (TPSA) is 49.4 Å². The number of aryl methyl sites for hydroxylation is 1. The monoisotopic (exact) mass is 474 g/mol. The highest BCUT2D eigenvalue weighted by atomic mass is 79.9. The molecule has 28 heavy (non-hydrogen) atoms. The maximum atomic E-state index is 12.7. The molecule has 1 aliphatic rings. The highest BCUT2D eigenvalue weighted by molar-refractivity contribution is 9.10. The van der Waals surface area contributed by atoms with Crippen molar-refractivity contribution in [3.05, 3.63) is 68.5 Å². The van der Waals surface area contributed by atoms with Crippen molar-refractivity contribution in [2.45, 2.75) is 20.3 Å². The highest BCUT2D eigenvalue weighted by Gasteiger charge is 2.32. The minimum absolute atomic E-state index is 0.140. The van der Waals surface area contributed by atoms with Crippen molar-refractivity contribution < 1.29 is 9.59 Å². The smallest absolute Gasteiger partial charge is 0.266 e. The predicted molar refractivity (Wildman–Crippen MR) is 123 cm³/mol. The van der Waals surface area contributed by atoms with E-state index >= 15 is 0 Å². The third-order valence-corrected chi connectivity index (χ3v) is 6.33. The predicted octanol–water partition coefficient (Wildman–Crippen LogP) is 5.30. The number of halogens is 1. The normalized spacial score (nSPS) is 15.4. The van der Waals surface area contributed by atoms with Gasteiger partial charge in [0.15, 0.2) is 0 Å². The molecule has 0 spiro atoms. The first-order valence-corrected chi connectivity index (χ1v) is 10.7. The molecule has 1 fully saturated rings. The number of benzene rings is 2. The zero-order valence-electron chi connectivity index (χ0n) is 15.5. The van der Waals surface area contributed by atoms with E-state index in [9.17, 15) is 9.59 Å². The van der Waals surface area contributed by atoms with E-state index in [4.69, 9.17) is 12.2 Å². The van der Waals surface area contributed by atoms with Crippen LogP contribution in [-0.2, 0) is 9.59 Å². The molecule has 144 valence electrons. The standard InChI is InChI=1S/C21H19BrN2O2S2/c1-13-5-3-8-17(14(13)2)23-19(25)9-10-24-20(26)18(28-21(24)27)12-15-6-4-7-16(22)11-15/h3-8,11-12H,9-10H2,1-2H3,(H,23,25)/b18-12-. The Bertz CT molecular complexity index is 988. The van der Waals surface area contributed by atoms with Crippen molar-refractivity contribution in [1.82, 2.24) is 4.90 Å². The van der Waals surface area contributed by atoms with Gasteiger partial charge in [-0.15, -0.1) is 0 Å². The van der Waals surface area contributed by atoms with Gasteiger partial charge in [-0.1, -0.05) is 64.2 Å². The fraction of sp³-hybridized carbons (Fsp3) is 0.190. The van der Waals surface area contributed by atoms with Crippen LogP contribution in [0.1, 0.15) is 23.1 Å². The summed E-state index contributed by atoms with van der Waals surface area (Å²) in [6.07, 6.45) is 2.00. The average Bonchev–Trinajstić information content (AvgIpc) is 2.90. The molecule has 2 amide bonds. The van der Waals surface area contributed by atoms with Gasteiger partial charge in [-0.2, -0.15) is 0 Å². The van der Waals surface area contributed by atoms with E-state index in [-0.39, 0.29) is 24.8 Å². The van der Waals surface area contributed by atoms with Gasteiger partial charge < -0.3 is 5.32 Å². The number of nitrogens with one attached hydrogen (secondary N) is 1. The maximum Gasteiger partial charge on any atom is 0.266 e. The summed E-state index contributed by atoms with van der Waals surface area (Å²) >= 11 is 10.0. The Labute approximate surface area is 182 Å². The van der Waals surface area contributed by atoms with E-state index in [1.807, 2.05) is 62.4 Å². The molecule has 0 radical (unpaired) electrons. The number of rotatable bonds is 5. The number of thiocarbonyl (C=S) groups is 1. The molecule has 0 saturated carbocycles. The molecule has 0 aromatic heterocycles. The molecule has 2 aromatic carbocycles. The zero-order valence-corrected chi connectivity index (χ0v) is 18.7. The van der Waals surface area contributed by atoms with Crippen molar-refractivity contribution >= 4 is 67.8 Å². The number of carbonyl (C=O) groups excluding carboxylic acids is 2. The molecule has 1 heterocycles. The Balaban J connectivity index is 1.63. The summed E-state index contributed by atoms with van der Waals surface area (Å²) in [5.74, 6) is -0.298. The molecule has 0 atom stereocenters. The fourth-order valence-corrected chi connectivity index (χ4v) is 4.48. The molecule has 0 unspecified atom stereocenters. The quantitative estimate of drug-likeness (QED) is 0.471. The number of thioether (sulfide) groups is 1. The van der Waals surface area contributed by atoms with Gasteiger partial charge in [-0.05, 0) is 54.8 Å². The SMILES string of the molecule is Cc1cccc(NC(=O)CCN2C(=O)/C(=C/c3cccc(Br)c3)SC2=S)c1C. The van der Waals surface area contributed by atoms with Crippen molar-refractivity contribution in [3.8, 4) is 0 Å². The van der Waals surface area contributed by atoms with E-state index in [1.54, 1.807) is 0 Å². The first kappa shape index (κ1) is 20.8. The van der Waals surface area contributed by atoms with Crippen LogP contribution in [0.3, 0.4) is 0 Å². The van der Waals surface area contributed by atoms with Crippen LogP contribution in [0, 0.1) is 13.8 Å².